The van der Waals surface area contributed by atoms with Crippen LogP contribution in [-0.4, -0.2) is 4.98 Å². The number of aromatic nitrogens is 1. The summed E-state index contributed by atoms with van der Waals surface area (Å²) in [5, 5.41) is 0. The van der Waals surface area contributed by atoms with Crippen LogP contribution < -0.4 is 0 Å². The molecule has 0 amide bonds. The smallest absolute Gasteiger partial charge is 0.226 e. The molecule has 0 aliphatic carbocycles. The maximum absolute atomic E-state index is 5.90. The zero-order chi connectivity index (χ0) is 12.3. The molecule has 17 heavy (non-hydrogen) atoms. The molecule has 0 aliphatic heterocycles. The second-order valence-corrected chi connectivity index (χ2v) is 4.60. The lowest BCUT2D eigenvalue weighted by atomic mass is 10.1. The summed E-state index contributed by atoms with van der Waals surface area (Å²) in [6, 6.07) is 10.1. The van der Waals surface area contributed by atoms with Gasteiger partial charge in [-0.2, -0.15) is 0 Å². The molecule has 0 saturated heterocycles. The first-order valence-electron chi connectivity index (χ1n) is 6.27. The SMILES string of the molecule is CCCc1nc(-c2ccccc2)oc1C(C)C. The van der Waals surface area contributed by atoms with E-state index in [1.807, 2.05) is 30.3 Å². The Hall–Kier alpha value is -1.57. The molecule has 0 unspecified atom stereocenters. The molecule has 0 N–H and O–H groups in total. The first-order chi connectivity index (χ1) is 8.22. The summed E-state index contributed by atoms with van der Waals surface area (Å²) in [6.45, 7) is 6.46. The molecule has 2 nitrogen and oxygen atoms in total. The average Bonchev–Trinajstić information content (AvgIpc) is 2.75. The van der Waals surface area contributed by atoms with E-state index in [0.717, 1.165) is 35.7 Å². The van der Waals surface area contributed by atoms with Gasteiger partial charge in [-0.05, 0) is 18.6 Å². The summed E-state index contributed by atoms with van der Waals surface area (Å²) < 4.78 is 5.90. The van der Waals surface area contributed by atoms with Crippen molar-refractivity contribution in [1.29, 1.82) is 0 Å². The van der Waals surface area contributed by atoms with Crippen molar-refractivity contribution < 1.29 is 4.42 Å². The van der Waals surface area contributed by atoms with E-state index in [1.165, 1.54) is 0 Å². The molecular formula is C15H19NO. The summed E-state index contributed by atoms with van der Waals surface area (Å²) in [4.78, 5) is 4.62. The molecule has 0 radical (unpaired) electrons. The van der Waals surface area contributed by atoms with Crippen LogP contribution in [0.1, 0.15) is 44.6 Å². The van der Waals surface area contributed by atoms with Crippen molar-refractivity contribution in [2.24, 2.45) is 0 Å². The molecule has 1 heterocycles. The second kappa shape index (κ2) is 5.17. The predicted molar refractivity (Wildman–Crippen MR) is 70.0 cm³/mol. The number of hydrogen-bond acceptors (Lipinski definition) is 2. The Morgan fingerprint density at radius 2 is 1.88 bits per heavy atom. The fourth-order valence-corrected chi connectivity index (χ4v) is 1.93. The number of benzene rings is 1. The van der Waals surface area contributed by atoms with Gasteiger partial charge in [0.05, 0.1) is 5.69 Å². The molecule has 0 bridgehead atoms. The first-order valence-corrected chi connectivity index (χ1v) is 6.27. The monoisotopic (exact) mass is 229 g/mol. The summed E-state index contributed by atoms with van der Waals surface area (Å²) >= 11 is 0. The third-order valence-corrected chi connectivity index (χ3v) is 2.76. The van der Waals surface area contributed by atoms with Gasteiger partial charge in [-0.1, -0.05) is 45.4 Å². The lowest BCUT2D eigenvalue weighted by molar-refractivity contribution is 0.490. The van der Waals surface area contributed by atoms with E-state index in [9.17, 15) is 0 Å². The van der Waals surface area contributed by atoms with E-state index in [1.54, 1.807) is 0 Å². The standard InChI is InChI=1S/C15H19NO/c1-4-8-13-14(11(2)3)17-15(16-13)12-9-6-5-7-10-12/h5-7,9-11H,4,8H2,1-3H3. The third-order valence-electron chi connectivity index (χ3n) is 2.76. The Kier molecular flexibility index (Phi) is 3.62. The van der Waals surface area contributed by atoms with Crippen LogP contribution in [-0.2, 0) is 6.42 Å². The van der Waals surface area contributed by atoms with Crippen molar-refractivity contribution in [3.63, 3.8) is 0 Å². The molecule has 0 fully saturated rings. The lowest BCUT2D eigenvalue weighted by Gasteiger charge is -2.01. The van der Waals surface area contributed by atoms with E-state index >= 15 is 0 Å². The van der Waals surface area contributed by atoms with Crippen molar-refractivity contribution in [1.82, 2.24) is 4.98 Å². The molecule has 1 aromatic heterocycles. The zero-order valence-corrected chi connectivity index (χ0v) is 10.7. The second-order valence-electron chi connectivity index (χ2n) is 4.60. The molecule has 0 saturated carbocycles. The van der Waals surface area contributed by atoms with Crippen LogP contribution in [0, 0.1) is 0 Å². The van der Waals surface area contributed by atoms with Gasteiger partial charge in [0, 0.05) is 11.5 Å². The Morgan fingerprint density at radius 1 is 1.18 bits per heavy atom. The maximum atomic E-state index is 5.90. The fraction of sp³-hybridized carbons (Fsp3) is 0.400. The molecule has 90 valence electrons. The summed E-state index contributed by atoms with van der Waals surface area (Å²) in [5.74, 6) is 2.17. The molecule has 2 aromatic rings. The highest BCUT2D eigenvalue weighted by molar-refractivity contribution is 5.53. The Bertz CT molecular complexity index is 471. The molecule has 2 heteroatoms. The minimum atomic E-state index is 0.390. The first kappa shape index (κ1) is 11.9. The summed E-state index contributed by atoms with van der Waals surface area (Å²) in [6.07, 6.45) is 2.09. The number of hydrogen-bond donors (Lipinski definition) is 0. The summed E-state index contributed by atoms with van der Waals surface area (Å²) in [7, 11) is 0. The van der Waals surface area contributed by atoms with Gasteiger partial charge in [0.25, 0.3) is 0 Å². The van der Waals surface area contributed by atoms with Crippen LogP contribution in [0.2, 0.25) is 0 Å². The molecule has 0 atom stereocenters. The normalized spacial score (nSPS) is 11.1. The lowest BCUT2D eigenvalue weighted by Crippen LogP contribution is -1.92. The van der Waals surface area contributed by atoms with Crippen LogP contribution in [0.15, 0.2) is 34.7 Å². The van der Waals surface area contributed by atoms with E-state index in [0.29, 0.717) is 5.92 Å². The Balaban J connectivity index is 2.40. The van der Waals surface area contributed by atoms with Gasteiger partial charge in [-0.25, -0.2) is 4.98 Å². The highest BCUT2D eigenvalue weighted by Gasteiger charge is 2.16. The average molecular weight is 229 g/mol. The van der Waals surface area contributed by atoms with Crippen LogP contribution >= 0.6 is 0 Å². The summed E-state index contributed by atoms with van der Waals surface area (Å²) in [5.41, 5.74) is 2.16. The molecule has 0 aliphatic rings. The number of rotatable bonds is 4. The van der Waals surface area contributed by atoms with Gasteiger partial charge in [0.15, 0.2) is 0 Å². The maximum Gasteiger partial charge on any atom is 0.226 e. The highest BCUT2D eigenvalue weighted by atomic mass is 16.4. The topological polar surface area (TPSA) is 26.0 Å². The van der Waals surface area contributed by atoms with Crippen LogP contribution in [0.25, 0.3) is 11.5 Å². The molecule has 1 aromatic carbocycles. The quantitative estimate of drug-likeness (QED) is 0.775. The number of aryl methyl sites for hydroxylation is 1. The minimum absolute atomic E-state index is 0.390. The molecule has 0 spiro atoms. The third kappa shape index (κ3) is 2.57. The van der Waals surface area contributed by atoms with Crippen LogP contribution in [0.4, 0.5) is 0 Å². The number of nitrogens with zero attached hydrogens (tertiary/aromatic N) is 1. The Morgan fingerprint density at radius 3 is 2.47 bits per heavy atom. The highest BCUT2D eigenvalue weighted by Crippen LogP contribution is 2.27. The van der Waals surface area contributed by atoms with Crippen molar-refractivity contribution in [3.05, 3.63) is 41.8 Å². The van der Waals surface area contributed by atoms with E-state index in [2.05, 4.69) is 25.8 Å². The van der Waals surface area contributed by atoms with Crippen molar-refractivity contribution in [2.45, 2.75) is 39.5 Å². The van der Waals surface area contributed by atoms with Gasteiger partial charge in [0.1, 0.15) is 5.76 Å². The van der Waals surface area contributed by atoms with Gasteiger partial charge < -0.3 is 4.42 Å². The minimum Gasteiger partial charge on any atom is -0.441 e. The largest absolute Gasteiger partial charge is 0.441 e. The van der Waals surface area contributed by atoms with E-state index < -0.39 is 0 Å². The zero-order valence-electron chi connectivity index (χ0n) is 10.7. The number of oxazole rings is 1. The van der Waals surface area contributed by atoms with Crippen molar-refractivity contribution in [2.75, 3.05) is 0 Å². The molecular weight excluding hydrogens is 210 g/mol. The van der Waals surface area contributed by atoms with Crippen LogP contribution in [0.5, 0.6) is 0 Å². The van der Waals surface area contributed by atoms with Gasteiger partial charge in [-0.15, -0.1) is 0 Å². The van der Waals surface area contributed by atoms with E-state index in [-0.39, 0.29) is 0 Å². The molecule has 2 rings (SSSR count). The fourth-order valence-electron chi connectivity index (χ4n) is 1.93. The van der Waals surface area contributed by atoms with Gasteiger partial charge in [0.2, 0.25) is 5.89 Å². The predicted octanol–water partition coefficient (Wildman–Crippen LogP) is 4.42. The van der Waals surface area contributed by atoms with Crippen molar-refractivity contribution >= 4 is 0 Å². The van der Waals surface area contributed by atoms with E-state index in [4.69, 9.17) is 4.42 Å². The Labute approximate surface area is 103 Å². The van der Waals surface area contributed by atoms with Gasteiger partial charge in [-0.3, -0.25) is 0 Å². The van der Waals surface area contributed by atoms with Crippen molar-refractivity contribution in [3.8, 4) is 11.5 Å². The van der Waals surface area contributed by atoms with Crippen LogP contribution in [0.3, 0.4) is 0 Å². The van der Waals surface area contributed by atoms with Gasteiger partial charge >= 0.3 is 0 Å².